The van der Waals surface area contributed by atoms with Crippen LogP contribution in [-0.2, 0) is 16.0 Å². The summed E-state index contributed by atoms with van der Waals surface area (Å²) in [6, 6.07) is 17.5. The second kappa shape index (κ2) is 10.7. The Morgan fingerprint density at radius 1 is 0.848 bits per heavy atom. The highest BCUT2D eigenvalue weighted by Gasteiger charge is 2.41. The molecular formula is C27H33N3O3. The molecule has 0 spiro atoms. The van der Waals surface area contributed by atoms with Crippen LogP contribution in [0.25, 0.3) is 5.57 Å². The monoisotopic (exact) mass is 447 g/mol. The molecule has 2 heterocycles. The van der Waals surface area contributed by atoms with E-state index < -0.39 is 0 Å². The zero-order valence-electron chi connectivity index (χ0n) is 19.6. The third-order valence-corrected chi connectivity index (χ3v) is 6.36. The van der Waals surface area contributed by atoms with Gasteiger partial charge in [-0.05, 0) is 42.6 Å². The van der Waals surface area contributed by atoms with E-state index in [1.165, 1.54) is 4.90 Å². The van der Waals surface area contributed by atoms with E-state index in [-0.39, 0.29) is 11.8 Å². The summed E-state index contributed by atoms with van der Waals surface area (Å²) in [5.41, 5.74) is 2.94. The maximum atomic E-state index is 13.5. The molecule has 0 unspecified atom stereocenters. The largest absolute Gasteiger partial charge is 0.494 e. The quantitative estimate of drug-likeness (QED) is 0.552. The lowest BCUT2D eigenvalue weighted by atomic mass is 10.0. The van der Waals surface area contributed by atoms with Gasteiger partial charge >= 0.3 is 0 Å². The number of amides is 2. The van der Waals surface area contributed by atoms with Crippen molar-refractivity contribution in [3.8, 4) is 5.75 Å². The summed E-state index contributed by atoms with van der Waals surface area (Å²) >= 11 is 0. The second-order valence-corrected chi connectivity index (χ2v) is 8.52. The minimum atomic E-state index is -0.203. The molecule has 2 aromatic carbocycles. The fourth-order valence-corrected chi connectivity index (χ4v) is 4.43. The van der Waals surface area contributed by atoms with Gasteiger partial charge in [0.2, 0.25) is 0 Å². The number of hydrogen-bond acceptors (Lipinski definition) is 5. The summed E-state index contributed by atoms with van der Waals surface area (Å²) in [5.74, 6) is 0.394. The Balaban J connectivity index is 1.61. The first-order chi connectivity index (χ1) is 16.1. The molecule has 2 amide bonds. The number of hydrogen-bond donors (Lipinski definition) is 0. The average Bonchev–Trinajstić information content (AvgIpc) is 3.11. The van der Waals surface area contributed by atoms with E-state index in [1.807, 2.05) is 54.6 Å². The van der Waals surface area contributed by atoms with Crippen LogP contribution in [-0.4, -0.2) is 72.4 Å². The maximum absolute atomic E-state index is 13.5. The van der Waals surface area contributed by atoms with Gasteiger partial charge in [-0.3, -0.25) is 14.5 Å². The number of rotatable bonds is 9. The molecule has 0 bridgehead atoms. The van der Waals surface area contributed by atoms with Crippen molar-refractivity contribution in [2.45, 2.75) is 26.7 Å². The minimum Gasteiger partial charge on any atom is -0.494 e. The van der Waals surface area contributed by atoms with Gasteiger partial charge in [0.1, 0.15) is 11.4 Å². The number of carbonyl (C=O) groups excluding carboxylic acids is 2. The van der Waals surface area contributed by atoms with E-state index in [0.29, 0.717) is 30.8 Å². The lowest BCUT2D eigenvalue weighted by Gasteiger charge is -2.36. The first kappa shape index (κ1) is 23.1. The molecule has 2 aliphatic heterocycles. The van der Waals surface area contributed by atoms with Gasteiger partial charge in [-0.2, -0.15) is 0 Å². The van der Waals surface area contributed by atoms with Gasteiger partial charge in [-0.25, -0.2) is 0 Å². The van der Waals surface area contributed by atoms with Crippen molar-refractivity contribution in [3.05, 3.63) is 71.4 Å². The Morgan fingerprint density at radius 2 is 1.55 bits per heavy atom. The molecule has 33 heavy (non-hydrogen) atoms. The van der Waals surface area contributed by atoms with E-state index in [9.17, 15) is 9.59 Å². The Labute approximate surface area is 196 Å². The molecule has 1 saturated heterocycles. The topological polar surface area (TPSA) is 53.1 Å². The predicted molar refractivity (Wildman–Crippen MR) is 130 cm³/mol. The maximum Gasteiger partial charge on any atom is 0.277 e. The molecule has 0 saturated carbocycles. The van der Waals surface area contributed by atoms with E-state index in [0.717, 1.165) is 56.0 Å². The van der Waals surface area contributed by atoms with Gasteiger partial charge in [0, 0.05) is 32.7 Å². The third-order valence-electron chi connectivity index (χ3n) is 6.36. The van der Waals surface area contributed by atoms with Crippen LogP contribution < -0.4 is 4.74 Å². The Kier molecular flexibility index (Phi) is 7.45. The highest BCUT2D eigenvalue weighted by molar-refractivity contribution is 6.35. The van der Waals surface area contributed by atoms with Crippen molar-refractivity contribution in [1.29, 1.82) is 0 Å². The van der Waals surface area contributed by atoms with Crippen LogP contribution in [0.5, 0.6) is 5.75 Å². The number of benzene rings is 2. The summed E-state index contributed by atoms with van der Waals surface area (Å²) in [6.07, 6.45) is 1.58. The van der Waals surface area contributed by atoms with E-state index in [2.05, 4.69) is 23.6 Å². The molecule has 2 aliphatic rings. The normalized spacial score (nSPS) is 17.3. The molecule has 1 fully saturated rings. The molecule has 0 N–H and O–H groups in total. The molecular weight excluding hydrogens is 414 g/mol. The Morgan fingerprint density at radius 3 is 2.18 bits per heavy atom. The highest BCUT2D eigenvalue weighted by Crippen LogP contribution is 2.33. The lowest BCUT2D eigenvalue weighted by molar-refractivity contribution is -0.137. The Bertz CT molecular complexity index is 993. The molecule has 0 atom stereocenters. The molecule has 0 aliphatic carbocycles. The lowest BCUT2D eigenvalue weighted by Crippen LogP contribution is -2.47. The predicted octanol–water partition coefficient (Wildman–Crippen LogP) is 3.44. The highest BCUT2D eigenvalue weighted by atomic mass is 16.5. The van der Waals surface area contributed by atoms with E-state index in [4.69, 9.17) is 4.74 Å². The number of piperazine rings is 1. The van der Waals surface area contributed by atoms with Crippen LogP contribution in [0.15, 0.2) is 60.3 Å². The van der Waals surface area contributed by atoms with Gasteiger partial charge in [-0.15, -0.1) is 0 Å². The number of likely N-dealkylation sites (N-methyl/N-ethyl adjacent to an activating group) is 1. The molecule has 6 heteroatoms. The molecule has 6 nitrogen and oxygen atoms in total. The number of ether oxygens (including phenoxy) is 1. The van der Waals surface area contributed by atoms with Crippen LogP contribution in [0, 0.1) is 0 Å². The summed E-state index contributed by atoms with van der Waals surface area (Å²) in [5, 5.41) is 0. The van der Waals surface area contributed by atoms with Gasteiger partial charge in [-0.1, -0.05) is 56.3 Å². The van der Waals surface area contributed by atoms with Crippen LogP contribution in [0.2, 0.25) is 0 Å². The van der Waals surface area contributed by atoms with Gasteiger partial charge in [0.15, 0.2) is 0 Å². The molecule has 2 aromatic rings. The SMILES string of the molecule is CCCOc1ccc(C2=C(N3CCN(CC)CC3)C(=O)N(CCc3ccccc3)C2=O)cc1. The smallest absolute Gasteiger partial charge is 0.277 e. The van der Waals surface area contributed by atoms with Crippen LogP contribution >= 0.6 is 0 Å². The summed E-state index contributed by atoms with van der Waals surface area (Å²) in [4.78, 5) is 33.0. The minimum absolute atomic E-state index is 0.179. The Hall–Kier alpha value is -3.12. The van der Waals surface area contributed by atoms with Crippen LogP contribution in [0.1, 0.15) is 31.4 Å². The fraction of sp³-hybridized carbons (Fsp3) is 0.407. The standard InChI is InChI=1S/C27H33N3O3/c1-3-20-33-23-12-10-22(11-13-23)24-25(29-18-16-28(4-2)17-19-29)27(32)30(26(24)31)15-14-21-8-6-5-7-9-21/h5-13H,3-4,14-20H2,1-2H3. The van der Waals surface area contributed by atoms with Crippen molar-refractivity contribution in [2.24, 2.45) is 0 Å². The summed E-state index contributed by atoms with van der Waals surface area (Å²) < 4.78 is 5.70. The molecule has 4 rings (SSSR count). The first-order valence-electron chi connectivity index (χ1n) is 12.0. The number of imide groups is 1. The third kappa shape index (κ3) is 5.11. The molecule has 0 aromatic heterocycles. The number of nitrogens with zero attached hydrogens (tertiary/aromatic N) is 3. The molecule has 174 valence electrons. The zero-order chi connectivity index (χ0) is 23.2. The first-order valence-corrected chi connectivity index (χ1v) is 12.0. The van der Waals surface area contributed by atoms with Crippen LogP contribution in [0.4, 0.5) is 0 Å². The number of carbonyl (C=O) groups is 2. The van der Waals surface area contributed by atoms with Crippen molar-refractivity contribution in [1.82, 2.24) is 14.7 Å². The van der Waals surface area contributed by atoms with Gasteiger partial charge in [0.05, 0.1) is 12.2 Å². The second-order valence-electron chi connectivity index (χ2n) is 8.52. The van der Waals surface area contributed by atoms with Crippen molar-refractivity contribution in [3.63, 3.8) is 0 Å². The van der Waals surface area contributed by atoms with Crippen molar-refractivity contribution < 1.29 is 14.3 Å². The van der Waals surface area contributed by atoms with E-state index >= 15 is 0 Å². The zero-order valence-corrected chi connectivity index (χ0v) is 19.6. The average molecular weight is 448 g/mol. The van der Waals surface area contributed by atoms with Gasteiger partial charge in [0.25, 0.3) is 11.8 Å². The van der Waals surface area contributed by atoms with Crippen molar-refractivity contribution in [2.75, 3.05) is 45.9 Å². The van der Waals surface area contributed by atoms with Crippen molar-refractivity contribution >= 4 is 17.4 Å². The summed E-state index contributed by atoms with van der Waals surface area (Å²) in [7, 11) is 0. The fourth-order valence-electron chi connectivity index (χ4n) is 4.43. The van der Waals surface area contributed by atoms with Crippen LogP contribution in [0.3, 0.4) is 0 Å². The molecule has 0 radical (unpaired) electrons. The summed E-state index contributed by atoms with van der Waals surface area (Å²) in [6.45, 7) is 9.52. The van der Waals surface area contributed by atoms with E-state index in [1.54, 1.807) is 0 Å². The van der Waals surface area contributed by atoms with Gasteiger partial charge < -0.3 is 14.5 Å².